The molecule has 0 N–H and O–H groups in total. The van der Waals surface area contributed by atoms with Gasteiger partial charge in [-0.3, -0.25) is 0 Å². The van der Waals surface area contributed by atoms with Gasteiger partial charge >= 0.3 is 11.9 Å². The van der Waals surface area contributed by atoms with Crippen molar-refractivity contribution in [1.82, 2.24) is 4.90 Å². The van der Waals surface area contributed by atoms with Gasteiger partial charge in [-0.25, -0.2) is 19.4 Å². The molecule has 35 heavy (non-hydrogen) atoms. The Balaban J connectivity index is 1.33. The van der Waals surface area contributed by atoms with E-state index in [1.807, 2.05) is 25.9 Å². The number of carbonyl (C=O) groups is 2. The molecule has 5 rings (SSSR count). The molecule has 3 saturated heterocycles. The number of rotatable bonds is 9. The van der Waals surface area contributed by atoms with Crippen LogP contribution >= 0.6 is 0 Å². The minimum absolute atomic E-state index is 0.0703. The van der Waals surface area contributed by atoms with E-state index in [4.69, 9.17) is 28.7 Å². The summed E-state index contributed by atoms with van der Waals surface area (Å²) in [6.07, 6.45) is 4.80. The third-order valence-corrected chi connectivity index (χ3v) is 7.46. The van der Waals surface area contributed by atoms with Crippen LogP contribution in [0.5, 0.6) is 0 Å². The summed E-state index contributed by atoms with van der Waals surface area (Å²) in [5.74, 6) is -1.32. The average Bonchev–Trinajstić information content (AvgIpc) is 3.08. The molecule has 1 aromatic carbocycles. The number of fused-ring (bicyclic) bond motifs is 3. The van der Waals surface area contributed by atoms with Gasteiger partial charge in [-0.05, 0) is 82.8 Å². The normalized spacial score (nSPS) is 32.1. The quantitative estimate of drug-likeness (QED) is 0.380. The third kappa shape index (κ3) is 5.54. The molecule has 0 radical (unpaired) electrons. The van der Waals surface area contributed by atoms with Crippen LogP contribution < -0.4 is 0 Å². The molecule has 1 aromatic rings. The Morgan fingerprint density at radius 3 is 2.29 bits per heavy atom. The van der Waals surface area contributed by atoms with Gasteiger partial charge in [0.15, 0.2) is 11.9 Å². The van der Waals surface area contributed by atoms with Crippen LogP contribution in [-0.4, -0.2) is 75.5 Å². The summed E-state index contributed by atoms with van der Waals surface area (Å²) < 4.78 is 22.7. The zero-order valence-electron chi connectivity index (χ0n) is 21.1. The van der Waals surface area contributed by atoms with Gasteiger partial charge in [0, 0.05) is 20.1 Å². The molecule has 3 heterocycles. The van der Waals surface area contributed by atoms with E-state index in [0.717, 1.165) is 32.1 Å². The Hall–Kier alpha value is -2.04. The number of likely N-dealkylation sites (N-methyl/N-ethyl adjacent to an activating group) is 1. The minimum Gasteiger partial charge on any atom is -0.462 e. The Morgan fingerprint density at radius 1 is 1.00 bits per heavy atom. The fraction of sp³-hybridized carbons (Fsp3) is 0.692. The van der Waals surface area contributed by atoms with Crippen molar-refractivity contribution in [2.75, 3.05) is 41.0 Å². The molecule has 1 spiro atoms. The van der Waals surface area contributed by atoms with Crippen molar-refractivity contribution in [2.45, 2.75) is 63.1 Å². The van der Waals surface area contributed by atoms with Crippen LogP contribution in [0.25, 0.3) is 0 Å². The summed E-state index contributed by atoms with van der Waals surface area (Å²) >= 11 is 0. The molecule has 1 aliphatic carbocycles. The van der Waals surface area contributed by atoms with Gasteiger partial charge in [0.1, 0.15) is 6.61 Å². The summed E-state index contributed by atoms with van der Waals surface area (Å²) in [4.78, 5) is 38.5. The second-order valence-electron chi connectivity index (χ2n) is 10.1. The highest BCUT2D eigenvalue weighted by Gasteiger charge is 2.63. The van der Waals surface area contributed by atoms with E-state index in [1.54, 1.807) is 31.4 Å². The molecule has 3 aliphatic heterocycles. The molecule has 1 saturated carbocycles. The topological polar surface area (TPSA) is 92.8 Å². The van der Waals surface area contributed by atoms with E-state index >= 15 is 0 Å². The minimum atomic E-state index is -0.800. The van der Waals surface area contributed by atoms with Gasteiger partial charge in [0.25, 0.3) is 0 Å². The molecule has 4 aliphatic rings. The predicted octanol–water partition coefficient (Wildman–Crippen LogP) is 3.57. The maximum atomic E-state index is 12.6. The summed E-state index contributed by atoms with van der Waals surface area (Å²) in [6, 6.07) is 6.32. The maximum Gasteiger partial charge on any atom is 0.338 e. The first-order chi connectivity index (χ1) is 16.8. The molecule has 5 atom stereocenters. The summed E-state index contributed by atoms with van der Waals surface area (Å²) in [5.41, 5.74) is 0.0764. The highest BCUT2D eigenvalue weighted by Crippen LogP contribution is 2.55. The van der Waals surface area contributed by atoms with Crippen molar-refractivity contribution < 1.29 is 38.3 Å². The van der Waals surface area contributed by atoms with Gasteiger partial charge in [-0.2, -0.15) is 0 Å². The van der Waals surface area contributed by atoms with Crippen molar-refractivity contribution in [2.24, 2.45) is 11.8 Å². The van der Waals surface area contributed by atoms with Crippen LogP contribution in [-0.2, 0) is 28.7 Å². The van der Waals surface area contributed by atoms with Crippen LogP contribution in [0, 0.1) is 11.8 Å². The van der Waals surface area contributed by atoms with E-state index in [9.17, 15) is 9.59 Å². The van der Waals surface area contributed by atoms with Gasteiger partial charge in [0.05, 0.1) is 17.7 Å². The second-order valence-corrected chi connectivity index (χ2v) is 10.1. The monoisotopic (exact) mass is 491 g/mol. The van der Waals surface area contributed by atoms with Crippen LogP contribution in [0.2, 0.25) is 0 Å². The van der Waals surface area contributed by atoms with Gasteiger partial charge in [-0.15, -0.1) is 0 Å². The van der Waals surface area contributed by atoms with Crippen molar-refractivity contribution in [1.29, 1.82) is 0 Å². The highest BCUT2D eigenvalue weighted by molar-refractivity contribution is 5.93. The van der Waals surface area contributed by atoms with E-state index in [2.05, 4.69) is 0 Å². The Kier molecular flexibility index (Phi) is 8.12. The Bertz CT molecular complexity index is 890. The van der Waals surface area contributed by atoms with Crippen molar-refractivity contribution in [3.05, 3.63) is 35.4 Å². The number of esters is 2. The van der Waals surface area contributed by atoms with E-state index < -0.39 is 29.6 Å². The first-order valence-corrected chi connectivity index (χ1v) is 12.4. The molecule has 0 amide bonds. The Labute approximate surface area is 206 Å². The number of ether oxygens (including phenoxy) is 4. The highest BCUT2D eigenvalue weighted by atomic mass is 17.3. The first-order valence-electron chi connectivity index (χ1n) is 12.4. The van der Waals surface area contributed by atoms with Crippen LogP contribution in [0.1, 0.15) is 66.2 Å². The molecule has 4 fully saturated rings. The summed E-state index contributed by atoms with van der Waals surface area (Å²) in [7, 11) is 5.45. The number of carbonyl (C=O) groups excluding carboxylic acids is 2. The molecule has 194 valence electrons. The van der Waals surface area contributed by atoms with Gasteiger partial charge < -0.3 is 23.8 Å². The zero-order valence-corrected chi connectivity index (χ0v) is 21.1. The van der Waals surface area contributed by atoms with Gasteiger partial charge in [-0.1, -0.05) is 6.42 Å². The lowest BCUT2D eigenvalue weighted by Crippen LogP contribution is -2.63. The molecule has 0 aromatic heterocycles. The summed E-state index contributed by atoms with van der Waals surface area (Å²) in [6.45, 7) is 3.08. The molecule has 2 bridgehead atoms. The van der Waals surface area contributed by atoms with Crippen LogP contribution in [0.15, 0.2) is 24.3 Å². The zero-order chi connectivity index (χ0) is 25.1. The number of nitrogens with zero attached hydrogens (tertiary/aromatic N) is 1. The van der Waals surface area contributed by atoms with E-state index in [-0.39, 0.29) is 18.4 Å². The van der Waals surface area contributed by atoms with Crippen LogP contribution in [0.4, 0.5) is 0 Å². The number of benzene rings is 1. The molecule has 9 nitrogen and oxygen atoms in total. The SMILES string of the molecule is CO[C@H]1O[C@]2(C)CC[C@H]3CCC[C@@H](CCOC(=O)c4ccc(C(=O)OCCN(C)C)cc4)[C@]31OO2. The standard InChI is InChI=1S/C26H37NO8/c1-25-14-12-20-6-5-7-21(26(20,35-34-25)24(30-4)33-25)13-16-31-22(28)18-8-10-19(11-9-18)23(29)32-17-15-27(2)3/h8-11,20-21,24H,5-7,12-17H2,1-4H3/t20-,21+,24+,25+,26-/m1/s1. The Morgan fingerprint density at radius 2 is 1.66 bits per heavy atom. The lowest BCUT2D eigenvalue weighted by Gasteiger charge is -2.53. The maximum absolute atomic E-state index is 12.6. The van der Waals surface area contributed by atoms with E-state index in [0.29, 0.717) is 30.7 Å². The van der Waals surface area contributed by atoms with Gasteiger partial charge in [0.2, 0.25) is 5.79 Å². The lowest BCUT2D eigenvalue weighted by atomic mass is 9.65. The third-order valence-electron chi connectivity index (χ3n) is 7.46. The molecular weight excluding hydrogens is 454 g/mol. The number of hydrogen-bond acceptors (Lipinski definition) is 9. The lowest BCUT2D eigenvalue weighted by molar-refractivity contribution is -0.554. The van der Waals surface area contributed by atoms with Crippen LogP contribution in [0.3, 0.4) is 0 Å². The molecular formula is C26H37NO8. The fourth-order valence-corrected chi connectivity index (χ4v) is 5.49. The average molecular weight is 492 g/mol. The smallest absolute Gasteiger partial charge is 0.338 e. The fourth-order valence-electron chi connectivity index (χ4n) is 5.49. The molecule has 9 heteroatoms. The van der Waals surface area contributed by atoms with Crippen molar-refractivity contribution in [3.8, 4) is 0 Å². The number of hydrogen-bond donors (Lipinski definition) is 0. The summed E-state index contributed by atoms with van der Waals surface area (Å²) in [5, 5.41) is 0. The predicted molar refractivity (Wildman–Crippen MR) is 125 cm³/mol. The van der Waals surface area contributed by atoms with E-state index in [1.165, 1.54) is 0 Å². The molecule has 0 unspecified atom stereocenters. The largest absolute Gasteiger partial charge is 0.462 e. The van der Waals surface area contributed by atoms with Crippen molar-refractivity contribution >= 4 is 11.9 Å². The first kappa shape index (κ1) is 26.0. The second kappa shape index (κ2) is 10.9. The van der Waals surface area contributed by atoms with Crippen molar-refractivity contribution in [3.63, 3.8) is 0 Å². The number of methoxy groups -OCH3 is 1.